The third-order valence-electron chi connectivity index (χ3n) is 4.67. The summed E-state index contributed by atoms with van der Waals surface area (Å²) in [4.78, 5) is 17.0. The predicted octanol–water partition coefficient (Wildman–Crippen LogP) is 5.99. The summed E-state index contributed by atoms with van der Waals surface area (Å²) < 4.78 is 52.9. The van der Waals surface area contributed by atoms with Gasteiger partial charge < -0.3 is 0 Å². The second-order valence-electron chi connectivity index (χ2n) is 6.87. The van der Waals surface area contributed by atoms with Gasteiger partial charge >= 0.3 is 6.18 Å². The fourth-order valence-electron chi connectivity index (χ4n) is 3.04. The van der Waals surface area contributed by atoms with E-state index in [1.165, 1.54) is 59.4 Å². The third-order valence-corrected chi connectivity index (χ3v) is 4.67. The molecule has 4 nitrogen and oxygen atoms in total. The average molecular weight is 437 g/mol. The van der Waals surface area contributed by atoms with E-state index in [1.54, 1.807) is 24.5 Å². The fraction of sp³-hybridized carbons (Fsp3) is 0.0417. The van der Waals surface area contributed by atoms with E-state index in [-0.39, 0.29) is 5.56 Å². The number of nitrogens with zero attached hydrogens (tertiary/aromatic N) is 3. The molecule has 0 aliphatic heterocycles. The first kappa shape index (κ1) is 21.2. The Hall–Kier alpha value is -4.07. The largest absolute Gasteiger partial charge is 0.416 e. The smallest absolute Gasteiger partial charge is 0.289 e. The van der Waals surface area contributed by atoms with E-state index in [4.69, 9.17) is 0 Å². The molecule has 2 heterocycles. The van der Waals surface area contributed by atoms with Crippen molar-refractivity contribution < 1.29 is 22.4 Å². The van der Waals surface area contributed by atoms with Gasteiger partial charge in [0.1, 0.15) is 11.5 Å². The van der Waals surface area contributed by atoms with Crippen molar-refractivity contribution in [1.82, 2.24) is 14.8 Å². The number of ketones is 1. The van der Waals surface area contributed by atoms with Crippen LogP contribution in [0.3, 0.4) is 0 Å². The number of benzene rings is 2. The summed E-state index contributed by atoms with van der Waals surface area (Å²) in [5.41, 5.74) is 1.50. The molecule has 160 valence electrons. The molecule has 8 heteroatoms. The number of rotatable bonds is 5. The van der Waals surface area contributed by atoms with Crippen LogP contribution in [0.2, 0.25) is 0 Å². The SMILES string of the molecule is O=C(C=Cc1ccc(C(F)(F)F)cc1)c1cn(-c2ccc(F)cc2)nc1-c1cccnc1. The number of hydrogen-bond acceptors (Lipinski definition) is 3. The van der Waals surface area contributed by atoms with Crippen molar-refractivity contribution in [3.63, 3.8) is 0 Å². The third kappa shape index (κ3) is 4.64. The standard InChI is InChI=1S/C24H15F4N3O/c25-19-8-10-20(11-9-19)31-15-21(23(30-31)17-2-1-13-29-14-17)22(32)12-5-16-3-6-18(7-4-16)24(26,27)28/h1-15H. The molecule has 0 N–H and O–H groups in total. The Bertz CT molecular complexity index is 1260. The summed E-state index contributed by atoms with van der Waals surface area (Å²) in [5, 5.41) is 4.47. The molecule has 0 unspecified atom stereocenters. The molecule has 0 spiro atoms. The van der Waals surface area contributed by atoms with E-state index >= 15 is 0 Å². The Kier molecular flexibility index (Phi) is 5.68. The Morgan fingerprint density at radius 2 is 1.69 bits per heavy atom. The lowest BCUT2D eigenvalue weighted by Gasteiger charge is -2.05. The highest BCUT2D eigenvalue weighted by molar-refractivity contribution is 6.10. The van der Waals surface area contributed by atoms with Crippen LogP contribution < -0.4 is 0 Å². The molecule has 2 aromatic heterocycles. The van der Waals surface area contributed by atoms with E-state index in [0.29, 0.717) is 22.5 Å². The highest BCUT2D eigenvalue weighted by atomic mass is 19.4. The molecule has 32 heavy (non-hydrogen) atoms. The highest BCUT2D eigenvalue weighted by Gasteiger charge is 2.29. The average Bonchev–Trinajstić information content (AvgIpc) is 3.24. The van der Waals surface area contributed by atoms with Crippen LogP contribution in [-0.4, -0.2) is 20.5 Å². The molecule has 0 radical (unpaired) electrons. The molecule has 0 aliphatic rings. The minimum absolute atomic E-state index is 0.269. The number of allylic oxidation sites excluding steroid dienone is 1. The summed E-state index contributed by atoms with van der Waals surface area (Å²) in [7, 11) is 0. The second kappa shape index (κ2) is 8.58. The zero-order chi connectivity index (χ0) is 22.7. The minimum atomic E-state index is -4.42. The summed E-state index contributed by atoms with van der Waals surface area (Å²) >= 11 is 0. The van der Waals surface area contributed by atoms with E-state index in [2.05, 4.69) is 10.1 Å². The van der Waals surface area contributed by atoms with Gasteiger partial charge in [0.05, 0.1) is 16.8 Å². The summed E-state index contributed by atoms with van der Waals surface area (Å²) in [6, 6.07) is 13.6. The van der Waals surface area contributed by atoms with Crippen LogP contribution in [0.4, 0.5) is 17.6 Å². The van der Waals surface area contributed by atoms with Crippen LogP contribution in [-0.2, 0) is 6.18 Å². The molecule has 0 bridgehead atoms. The Balaban J connectivity index is 1.67. The van der Waals surface area contributed by atoms with Crippen LogP contribution >= 0.6 is 0 Å². The number of carbonyl (C=O) groups is 1. The number of alkyl halides is 3. The lowest BCUT2D eigenvalue weighted by molar-refractivity contribution is -0.137. The first-order valence-corrected chi connectivity index (χ1v) is 9.47. The van der Waals surface area contributed by atoms with E-state index in [1.807, 2.05) is 0 Å². The van der Waals surface area contributed by atoms with E-state index in [0.717, 1.165) is 12.1 Å². The zero-order valence-electron chi connectivity index (χ0n) is 16.4. The summed E-state index contributed by atoms with van der Waals surface area (Å²) in [5.74, 6) is -0.790. The first-order valence-electron chi connectivity index (χ1n) is 9.47. The van der Waals surface area contributed by atoms with Crippen molar-refractivity contribution in [3.05, 3.63) is 108 Å². The van der Waals surface area contributed by atoms with Crippen molar-refractivity contribution >= 4 is 11.9 Å². The van der Waals surface area contributed by atoms with Crippen molar-refractivity contribution in [2.24, 2.45) is 0 Å². The van der Waals surface area contributed by atoms with Crippen molar-refractivity contribution in [1.29, 1.82) is 0 Å². The quantitative estimate of drug-likeness (QED) is 0.219. The van der Waals surface area contributed by atoms with Gasteiger partial charge in [0.15, 0.2) is 5.78 Å². The first-order chi connectivity index (χ1) is 15.3. The number of halogens is 4. The van der Waals surface area contributed by atoms with Gasteiger partial charge in [0, 0.05) is 24.2 Å². The van der Waals surface area contributed by atoms with Gasteiger partial charge in [-0.15, -0.1) is 0 Å². The van der Waals surface area contributed by atoms with Gasteiger partial charge in [-0.25, -0.2) is 9.07 Å². The van der Waals surface area contributed by atoms with Crippen LogP contribution in [0, 0.1) is 5.82 Å². The van der Waals surface area contributed by atoms with Crippen LogP contribution in [0.25, 0.3) is 23.0 Å². The number of carbonyl (C=O) groups excluding carboxylic acids is 1. The normalized spacial score (nSPS) is 11.8. The number of aromatic nitrogens is 3. The van der Waals surface area contributed by atoms with Crippen LogP contribution in [0.5, 0.6) is 0 Å². The zero-order valence-corrected chi connectivity index (χ0v) is 16.4. The lowest BCUT2D eigenvalue weighted by atomic mass is 10.1. The second-order valence-corrected chi connectivity index (χ2v) is 6.87. The van der Waals surface area contributed by atoms with Crippen molar-refractivity contribution in [3.8, 4) is 16.9 Å². The van der Waals surface area contributed by atoms with Gasteiger partial charge in [0.2, 0.25) is 0 Å². The maximum Gasteiger partial charge on any atom is 0.416 e. The predicted molar refractivity (Wildman–Crippen MR) is 112 cm³/mol. The molecule has 0 saturated heterocycles. The van der Waals surface area contributed by atoms with Gasteiger partial charge in [-0.05, 0) is 60.2 Å². The van der Waals surface area contributed by atoms with Gasteiger partial charge in [-0.2, -0.15) is 18.3 Å². The summed E-state index contributed by atoms with van der Waals surface area (Å²) in [6.45, 7) is 0. The van der Waals surface area contributed by atoms with Gasteiger partial charge in [-0.3, -0.25) is 9.78 Å². The molecule has 4 aromatic rings. The monoisotopic (exact) mass is 437 g/mol. The molecule has 4 rings (SSSR count). The molecule has 0 saturated carbocycles. The number of hydrogen-bond donors (Lipinski definition) is 0. The summed E-state index contributed by atoms with van der Waals surface area (Å²) in [6.07, 6.45) is 2.96. The lowest BCUT2D eigenvalue weighted by Crippen LogP contribution is -2.04. The minimum Gasteiger partial charge on any atom is -0.289 e. The van der Waals surface area contributed by atoms with Crippen molar-refractivity contribution in [2.45, 2.75) is 6.18 Å². The highest BCUT2D eigenvalue weighted by Crippen LogP contribution is 2.29. The maximum atomic E-state index is 13.3. The fourth-order valence-corrected chi connectivity index (χ4v) is 3.04. The Morgan fingerprint density at radius 1 is 0.969 bits per heavy atom. The molecule has 2 aromatic carbocycles. The van der Waals surface area contributed by atoms with Crippen LogP contribution in [0.15, 0.2) is 85.3 Å². The Labute approximate surface area is 180 Å². The Morgan fingerprint density at radius 3 is 2.31 bits per heavy atom. The maximum absolute atomic E-state index is 13.3. The number of pyridine rings is 1. The van der Waals surface area contributed by atoms with Crippen LogP contribution in [0.1, 0.15) is 21.5 Å². The van der Waals surface area contributed by atoms with Crippen molar-refractivity contribution in [2.75, 3.05) is 0 Å². The molecule has 0 amide bonds. The molecule has 0 aliphatic carbocycles. The van der Waals surface area contributed by atoms with Gasteiger partial charge in [0.25, 0.3) is 0 Å². The molecular formula is C24H15F4N3O. The topological polar surface area (TPSA) is 47.8 Å². The molecule has 0 fully saturated rings. The van der Waals surface area contributed by atoms with E-state index < -0.39 is 23.3 Å². The molecular weight excluding hydrogens is 422 g/mol. The van der Waals surface area contributed by atoms with Gasteiger partial charge in [-0.1, -0.05) is 18.2 Å². The molecule has 0 atom stereocenters. The van der Waals surface area contributed by atoms with E-state index in [9.17, 15) is 22.4 Å².